The van der Waals surface area contributed by atoms with Gasteiger partial charge in [-0.2, -0.15) is 4.98 Å². The van der Waals surface area contributed by atoms with E-state index in [2.05, 4.69) is 26.1 Å². The number of halogens is 1. The van der Waals surface area contributed by atoms with E-state index >= 15 is 0 Å². The third-order valence-electron chi connectivity index (χ3n) is 3.88. The lowest BCUT2D eigenvalue weighted by atomic mass is 10.1. The van der Waals surface area contributed by atoms with Crippen LogP contribution in [0.4, 0.5) is 0 Å². The summed E-state index contributed by atoms with van der Waals surface area (Å²) in [5.74, 6) is 1.14. The Kier molecular flexibility index (Phi) is 4.37. The van der Waals surface area contributed by atoms with Crippen LogP contribution in [-0.2, 0) is 4.74 Å². The minimum absolute atomic E-state index is 0.0242. The van der Waals surface area contributed by atoms with Crippen molar-refractivity contribution in [2.45, 2.75) is 0 Å². The van der Waals surface area contributed by atoms with E-state index in [9.17, 15) is 4.79 Å². The summed E-state index contributed by atoms with van der Waals surface area (Å²) in [6.45, 7) is 2.34. The van der Waals surface area contributed by atoms with E-state index in [1.165, 1.54) is 0 Å². The largest absolute Gasteiger partial charge is 0.444 e. The normalized spacial score (nSPS) is 14.7. The highest BCUT2D eigenvalue weighted by Gasteiger charge is 2.20. The lowest BCUT2D eigenvalue weighted by molar-refractivity contribution is 0.0303. The first-order valence-corrected chi connectivity index (χ1v) is 8.57. The fraction of sp³-hybridized carbons (Fsp3) is 0.235. The molecule has 1 aliphatic heterocycles. The summed E-state index contributed by atoms with van der Waals surface area (Å²) in [4.78, 5) is 18.7. The van der Waals surface area contributed by atoms with Gasteiger partial charge < -0.3 is 18.6 Å². The average molecular weight is 404 g/mol. The number of benzene rings is 1. The first-order chi connectivity index (χ1) is 12.2. The molecule has 7 nitrogen and oxygen atoms in total. The number of carbonyl (C=O) groups excluding carboxylic acids is 1. The van der Waals surface area contributed by atoms with Crippen LogP contribution in [0.1, 0.15) is 10.4 Å². The third kappa shape index (κ3) is 3.35. The van der Waals surface area contributed by atoms with Gasteiger partial charge in [0.2, 0.25) is 5.82 Å². The molecule has 2 aromatic heterocycles. The van der Waals surface area contributed by atoms with Crippen molar-refractivity contribution in [3.63, 3.8) is 0 Å². The maximum absolute atomic E-state index is 12.6. The first kappa shape index (κ1) is 16.0. The zero-order chi connectivity index (χ0) is 17.2. The molecule has 0 spiro atoms. The second kappa shape index (κ2) is 6.81. The van der Waals surface area contributed by atoms with Gasteiger partial charge in [0.25, 0.3) is 11.8 Å². The van der Waals surface area contributed by atoms with Crippen molar-refractivity contribution < 1.29 is 18.5 Å². The number of hydrogen-bond donors (Lipinski definition) is 0. The minimum Gasteiger partial charge on any atom is -0.444 e. The van der Waals surface area contributed by atoms with E-state index in [0.717, 1.165) is 0 Å². The number of rotatable bonds is 3. The average Bonchev–Trinajstić information content (AvgIpc) is 3.31. The highest BCUT2D eigenvalue weighted by Crippen LogP contribution is 2.26. The molecule has 0 saturated carbocycles. The monoisotopic (exact) mass is 403 g/mol. The van der Waals surface area contributed by atoms with E-state index in [0.29, 0.717) is 53.7 Å². The molecule has 0 radical (unpaired) electrons. The molecule has 8 heteroatoms. The molecule has 25 heavy (non-hydrogen) atoms. The topological polar surface area (TPSA) is 81.6 Å². The van der Waals surface area contributed by atoms with Gasteiger partial charge in [0.05, 0.1) is 13.2 Å². The Balaban J connectivity index is 1.59. The van der Waals surface area contributed by atoms with Crippen molar-refractivity contribution in [2.75, 3.05) is 26.3 Å². The van der Waals surface area contributed by atoms with Crippen LogP contribution in [0.2, 0.25) is 0 Å². The molecule has 1 aliphatic rings. The fourth-order valence-corrected chi connectivity index (χ4v) is 2.92. The van der Waals surface area contributed by atoms with E-state index in [4.69, 9.17) is 13.7 Å². The Morgan fingerprint density at radius 3 is 2.76 bits per heavy atom. The van der Waals surface area contributed by atoms with E-state index in [1.54, 1.807) is 29.2 Å². The van der Waals surface area contributed by atoms with Gasteiger partial charge in [-0.05, 0) is 40.2 Å². The molecule has 1 amide bonds. The Bertz CT molecular complexity index is 899. The van der Waals surface area contributed by atoms with Crippen molar-refractivity contribution in [1.29, 1.82) is 0 Å². The second-order valence-electron chi connectivity index (χ2n) is 5.51. The molecule has 3 aromatic rings. The molecule has 1 aromatic carbocycles. The molecule has 1 saturated heterocycles. The predicted molar refractivity (Wildman–Crippen MR) is 91.9 cm³/mol. The highest BCUT2D eigenvalue weighted by atomic mass is 79.9. The van der Waals surface area contributed by atoms with E-state index in [-0.39, 0.29) is 11.8 Å². The number of furan rings is 1. The van der Waals surface area contributed by atoms with Crippen LogP contribution >= 0.6 is 15.9 Å². The van der Waals surface area contributed by atoms with Gasteiger partial charge in [0.15, 0.2) is 10.4 Å². The third-order valence-corrected chi connectivity index (χ3v) is 4.30. The van der Waals surface area contributed by atoms with Gasteiger partial charge in [-0.25, -0.2) is 0 Å². The van der Waals surface area contributed by atoms with Crippen LogP contribution in [-0.4, -0.2) is 47.3 Å². The van der Waals surface area contributed by atoms with Crippen LogP contribution in [0.15, 0.2) is 50.0 Å². The molecule has 1 fully saturated rings. The maximum atomic E-state index is 12.6. The first-order valence-electron chi connectivity index (χ1n) is 7.77. The molecule has 128 valence electrons. The van der Waals surface area contributed by atoms with E-state index < -0.39 is 0 Å². The van der Waals surface area contributed by atoms with Crippen molar-refractivity contribution in [3.05, 3.63) is 46.6 Å². The van der Waals surface area contributed by atoms with Crippen LogP contribution in [0.5, 0.6) is 0 Å². The Labute approximate surface area is 151 Å². The van der Waals surface area contributed by atoms with Crippen LogP contribution in [0, 0.1) is 0 Å². The smallest absolute Gasteiger partial charge is 0.293 e. The highest BCUT2D eigenvalue weighted by molar-refractivity contribution is 9.10. The summed E-state index contributed by atoms with van der Waals surface area (Å²) >= 11 is 3.24. The number of nitrogens with zero attached hydrogens (tertiary/aromatic N) is 3. The molecule has 0 atom stereocenters. The van der Waals surface area contributed by atoms with Crippen molar-refractivity contribution in [2.24, 2.45) is 0 Å². The zero-order valence-corrected chi connectivity index (χ0v) is 14.7. The SMILES string of the molecule is O=C(c1cccc(-c2noc(-c3ccc(Br)o3)n2)c1)N1CCOCC1. The molecule has 0 bridgehead atoms. The predicted octanol–water partition coefficient (Wildman–Crippen LogP) is 3.23. The number of aromatic nitrogens is 2. The molecule has 4 rings (SSSR count). The Morgan fingerprint density at radius 1 is 1.16 bits per heavy atom. The van der Waals surface area contributed by atoms with Gasteiger partial charge in [-0.3, -0.25) is 4.79 Å². The number of morpholine rings is 1. The molecule has 0 aliphatic carbocycles. The Hall–Kier alpha value is -2.45. The van der Waals surface area contributed by atoms with Crippen LogP contribution in [0.25, 0.3) is 23.0 Å². The minimum atomic E-state index is -0.0242. The van der Waals surface area contributed by atoms with Crippen LogP contribution in [0.3, 0.4) is 0 Å². The Morgan fingerprint density at radius 2 is 2.00 bits per heavy atom. The van der Waals surface area contributed by atoms with Gasteiger partial charge >= 0.3 is 0 Å². The fourth-order valence-electron chi connectivity index (χ4n) is 2.61. The number of ether oxygens (including phenoxy) is 1. The maximum Gasteiger partial charge on any atom is 0.293 e. The molecular formula is C17H14BrN3O4. The quantitative estimate of drug-likeness (QED) is 0.667. The van der Waals surface area contributed by atoms with Crippen molar-refractivity contribution in [3.8, 4) is 23.0 Å². The summed E-state index contributed by atoms with van der Waals surface area (Å²) in [5, 5.41) is 3.98. The van der Waals surface area contributed by atoms with Gasteiger partial charge in [-0.15, -0.1) is 0 Å². The van der Waals surface area contributed by atoms with Crippen molar-refractivity contribution >= 4 is 21.8 Å². The van der Waals surface area contributed by atoms with Crippen molar-refractivity contribution in [1.82, 2.24) is 15.0 Å². The number of carbonyl (C=O) groups is 1. The summed E-state index contributed by atoms with van der Waals surface area (Å²) < 4.78 is 16.5. The van der Waals surface area contributed by atoms with Gasteiger partial charge in [-0.1, -0.05) is 17.3 Å². The molecule has 0 unspecified atom stereocenters. The summed E-state index contributed by atoms with van der Waals surface area (Å²) in [6.07, 6.45) is 0. The molecular weight excluding hydrogens is 390 g/mol. The second-order valence-corrected chi connectivity index (χ2v) is 6.29. The van der Waals surface area contributed by atoms with Gasteiger partial charge in [0.1, 0.15) is 0 Å². The summed E-state index contributed by atoms with van der Waals surface area (Å²) in [7, 11) is 0. The molecule has 3 heterocycles. The zero-order valence-electron chi connectivity index (χ0n) is 13.1. The molecule has 0 N–H and O–H groups in total. The summed E-state index contributed by atoms with van der Waals surface area (Å²) in [5.41, 5.74) is 1.30. The van der Waals surface area contributed by atoms with E-state index in [1.807, 2.05) is 12.1 Å². The van der Waals surface area contributed by atoms with Crippen LogP contribution < -0.4 is 0 Å². The number of hydrogen-bond acceptors (Lipinski definition) is 6. The summed E-state index contributed by atoms with van der Waals surface area (Å²) in [6, 6.07) is 10.7. The lowest BCUT2D eigenvalue weighted by Gasteiger charge is -2.26. The lowest BCUT2D eigenvalue weighted by Crippen LogP contribution is -2.40. The number of amides is 1. The standard InChI is InChI=1S/C17H14BrN3O4/c18-14-5-4-13(24-14)16-19-15(20-25-16)11-2-1-3-12(10-11)17(22)21-6-8-23-9-7-21/h1-5,10H,6-9H2. The van der Waals surface area contributed by atoms with Gasteiger partial charge in [0, 0.05) is 24.2 Å².